The molecule has 1 amide bonds. The number of aliphatic hydroxyl groups excluding tert-OH is 7. The largest absolute Gasteiger partial charge is 0.394 e. The Morgan fingerprint density at radius 2 is 0.765 bits per heavy atom. The minimum Gasteiger partial charge on any atom is -0.394 e. The SMILES string of the molecule is CCCCCCCCCCCCCCCCCCCCCCCCCCCCCCCCCCCCCCC(O)C(=O)NC(COC1OC(CO)C(O)C(O)C1O)C(O)C(O)CCCCCCC. The lowest BCUT2D eigenvalue weighted by Gasteiger charge is -2.40. The highest BCUT2D eigenvalue weighted by atomic mass is 16.7. The molecule has 0 bridgehead atoms. The van der Waals surface area contributed by atoms with Crippen LogP contribution in [0.3, 0.4) is 0 Å². The normalized spacial score (nSPS) is 20.4. The Morgan fingerprint density at radius 1 is 0.456 bits per heavy atom. The first-order valence-corrected chi connectivity index (χ1v) is 29.4. The highest BCUT2D eigenvalue weighted by Gasteiger charge is 2.44. The van der Waals surface area contributed by atoms with Gasteiger partial charge in [0.05, 0.1) is 25.4 Å². The topological polar surface area (TPSA) is 189 Å². The van der Waals surface area contributed by atoms with Crippen LogP contribution in [0.1, 0.15) is 290 Å². The summed E-state index contributed by atoms with van der Waals surface area (Å²) in [6.45, 7) is 3.36. The van der Waals surface area contributed by atoms with Gasteiger partial charge in [-0.3, -0.25) is 4.79 Å². The first-order valence-electron chi connectivity index (χ1n) is 29.4. The molecule has 11 heteroatoms. The second-order valence-corrected chi connectivity index (χ2v) is 21.1. The standard InChI is InChI=1S/C57H113NO10/c1-3-5-7-9-10-11-12-13-14-15-16-17-18-19-20-21-22-23-24-25-26-27-28-29-30-31-32-33-34-35-36-37-38-39-41-43-45-50(61)56(66)58-48(52(62)49(60)44-42-40-8-6-4-2)47-67-57-55(65)54(64)53(63)51(46-59)68-57/h48-55,57,59-65H,3-47H2,1-2H3,(H,58,66). The van der Waals surface area contributed by atoms with Gasteiger partial charge in [0.25, 0.3) is 0 Å². The predicted octanol–water partition coefficient (Wildman–Crippen LogP) is 12.2. The average molecular weight is 973 g/mol. The van der Waals surface area contributed by atoms with Crippen molar-refractivity contribution in [3.8, 4) is 0 Å². The summed E-state index contributed by atoms with van der Waals surface area (Å²) in [5, 5.41) is 75.3. The molecular formula is C57H113NO10. The van der Waals surface area contributed by atoms with Gasteiger partial charge in [0, 0.05) is 0 Å². The Labute approximate surface area is 418 Å². The first kappa shape index (κ1) is 65.1. The van der Waals surface area contributed by atoms with Gasteiger partial charge in [-0.05, 0) is 12.8 Å². The van der Waals surface area contributed by atoms with Crippen LogP contribution in [0.15, 0.2) is 0 Å². The summed E-state index contributed by atoms with van der Waals surface area (Å²) in [6, 6.07) is -1.16. The summed E-state index contributed by atoms with van der Waals surface area (Å²) in [4.78, 5) is 13.0. The molecular weight excluding hydrogens is 859 g/mol. The summed E-state index contributed by atoms with van der Waals surface area (Å²) in [6.07, 6.45) is 42.8. The van der Waals surface area contributed by atoms with Crippen LogP contribution in [0.2, 0.25) is 0 Å². The number of carbonyl (C=O) groups is 1. The molecule has 68 heavy (non-hydrogen) atoms. The number of amides is 1. The van der Waals surface area contributed by atoms with Crippen LogP contribution in [0, 0.1) is 0 Å². The monoisotopic (exact) mass is 972 g/mol. The van der Waals surface area contributed by atoms with Gasteiger partial charge in [-0.1, -0.05) is 277 Å². The summed E-state index contributed by atoms with van der Waals surface area (Å²) in [5.41, 5.74) is 0. The van der Waals surface area contributed by atoms with E-state index in [4.69, 9.17) is 9.47 Å². The van der Waals surface area contributed by atoms with Crippen molar-refractivity contribution < 1.29 is 50.0 Å². The zero-order chi connectivity index (χ0) is 49.7. The van der Waals surface area contributed by atoms with Gasteiger partial charge in [-0.2, -0.15) is 0 Å². The van der Waals surface area contributed by atoms with E-state index in [0.717, 1.165) is 44.9 Å². The third-order valence-electron chi connectivity index (χ3n) is 14.7. The molecule has 1 saturated heterocycles. The third kappa shape index (κ3) is 35.3. The van der Waals surface area contributed by atoms with Gasteiger partial charge in [0.15, 0.2) is 6.29 Å². The Morgan fingerprint density at radius 3 is 1.09 bits per heavy atom. The summed E-state index contributed by atoms with van der Waals surface area (Å²) >= 11 is 0. The highest BCUT2D eigenvalue weighted by Crippen LogP contribution is 2.24. The van der Waals surface area contributed by atoms with Crippen molar-refractivity contribution in [2.75, 3.05) is 13.2 Å². The van der Waals surface area contributed by atoms with Crippen LogP contribution < -0.4 is 5.32 Å². The van der Waals surface area contributed by atoms with E-state index in [1.165, 1.54) is 205 Å². The molecule has 0 spiro atoms. The van der Waals surface area contributed by atoms with Crippen molar-refractivity contribution in [2.45, 2.75) is 345 Å². The number of rotatable bonds is 51. The van der Waals surface area contributed by atoms with E-state index >= 15 is 0 Å². The fourth-order valence-corrected chi connectivity index (χ4v) is 9.86. The Kier molecular flexibility index (Phi) is 45.1. The fraction of sp³-hybridized carbons (Fsp3) is 0.982. The van der Waals surface area contributed by atoms with Gasteiger partial charge in [0.1, 0.15) is 36.6 Å². The molecule has 1 aliphatic rings. The minimum atomic E-state index is -1.65. The summed E-state index contributed by atoms with van der Waals surface area (Å²) in [7, 11) is 0. The lowest BCUT2D eigenvalue weighted by molar-refractivity contribution is -0.303. The van der Waals surface area contributed by atoms with E-state index < -0.39 is 74.2 Å². The lowest BCUT2D eigenvalue weighted by Crippen LogP contribution is -2.60. The molecule has 9 atom stereocenters. The summed E-state index contributed by atoms with van der Waals surface area (Å²) < 4.78 is 11.0. The predicted molar refractivity (Wildman–Crippen MR) is 280 cm³/mol. The molecule has 0 saturated carbocycles. The van der Waals surface area contributed by atoms with Crippen LogP contribution in [0.5, 0.6) is 0 Å². The van der Waals surface area contributed by atoms with Crippen LogP contribution in [-0.2, 0) is 14.3 Å². The maximum Gasteiger partial charge on any atom is 0.249 e. The zero-order valence-corrected chi connectivity index (χ0v) is 44.4. The van der Waals surface area contributed by atoms with Crippen molar-refractivity contribution in [2.24, 2.45) is 0 Å². The number of unbranched alkanes of at least 4 members (excludes halogenated alkanes) is 39. The van der Waals surface area contributed by atoms with Crippen LogP contribution in [0.25, 0.3) is 0 Å². The number of hydrogen-bond acceptors (Lipinski definition) is 10. The van der Waals surface area contributed by atoms with Gasteiger partial charge >= 0.3 is 0 Å². The van der Waals surface area contributed by atoms with Crippen LogP contribution in [-0.4, -0.2) is 110 Å². The first-order chi connectivity index (χ1) is 33.2. The lowest BCUT2D eigenvalue weighted by atomic mass is 9.98. The molecule has 406 valence electrons. The van der Waals surface area contributed by atoms with Crippen molar-refractivity contribution in [3.63, 3.8) is 0 Å². The molecule has 0 aromatic rings. The van der Waals surface area contributed by atoms with Gasteiger partial charge in [0.2, 0.25) is 5.91 Å². The number of hydrogen-bond donors (Lipinski definition) is 8. The molecule has 1 fully saturated rings. The summed E-state index contributed by atoms with van der Waals surface area (Å²) in [5.74, 6) is -0.696. The number of nitrogens with one attached hydrogen (secondary N) is 1. The molecule has 0 aromatic carbocycles. The van der Waals surface area contributed by atoms with Crippen molar-refractivity contribution in [3.05, 3.63) is 0 Å². The Balaban J connectivity index is 2.01. The van der Waals surface area contributed by atoms with Gasteiger partial charge in [-0.25, -0.2) is 0 Å². The van der Waals surface area contributed by atoms with E-state index in [9.17, 15) is 40.5 Å². The third-order valence-corrected chi connectivity index (χ3v) is 14.7. The van der Waals surface area contributed by atoms with E-state index in [2.05, 4.69) is 19.2 Å². The maximum absolute atomic E-state index is 13.0. The molecule has 8 N–H and O–H groups in total. The minimum absolute atomic E-state index is 0.266. The van der Waals surface area contributed by atoms with E-state index in [0.29, 0.717) is 19.3 Å². The Bertz CT molecular complexity index is 1070. The molecule has 0 aliphatic carbocycles. The second-order valence-electron chi connectivity index (χ2n) is 21.1. The Hall–Kier alpha value is -0.890. The van der Waals surface area contributed by atoms with Gasteiger partial charge in [-0.15, -0.1) is 0 Å². The zero-order valence-electron chi connectivity index (χ0n) is 44.4. The smallest absolute Gasteiger partial charge is 0.249 e. The molecule has 1 rings (SSSR count). The van der Waals surface area contributed by atoms with E-state index in [1.54, 1.807) is 0 Å². The molecule has 0 aromatic heterocycles. The molecule has 1 heterocycles. The highest BCUT2D eigenvalue weighted by molar-refractivity contribution is 5.80. The van der Waals surface area contributed by atoms with Crippen molar-refractivity contribution >= 4 is 5.91 Å². The molecule has 1 aliphatic heterocycles. The number of carbonyl (C=O) groups excluding carboxylic acids is 1. The molecule has 11 nitrogen and oxygen atoms in total. The number of aliphatic hydroxyl groups is 7. The maximum atomic E-state index is 13.0. The van der Waals surface area contributed by atoms with Crippen molar-refractivity contribution in [1.82, 2.24) is 5.32 Å². The van der Waals surface area contributed by atoms with Crippen molar-refractivity contribution in [1.29, 1.82) is 0 Å². The molecule has 0 radical (unpaired) electrons. The average Bonchev–Trinajstić information content (AvgIpc) is 3.34. The van der Waals surface area contributed by atoms with E-state index in [-0.39, 0.29) is 6.42 Å². The second kappa shape index (κ2) is 47.1. The molecule has 9 unspecified atom stereocenters. The van der Waals surface area contributed by atoms with E-state index in [1.807, 2.05) is 0 Å². The number of ether oxygens (including phenoxy) is 2. The van der Waals surface area contributed by atoms with Gasteiger partial charge < -0.3 is 50.5 Å². The van der Waals surface area contributed by atoms with Crippen LogP contribution >= 0.6 is 0 Å². The fourth-order valence-electron chi connectivity index (χ4n) is 9.86. The van der Waals surface area contributed by atoms with Crippen LogP contribution in [0.4, 0.5) is 0 Å². The quantitative estimate of drug-likeness (QED) is 0.0272.